The number of hydrogen-bond donors (Lipinski definition) is 1. The minimum atomic E-state index is 1.17. The molecule has 0 bridgehead atoms. The molecule has 1 N–H and O–H groups in total. The van der Waals surface area contributed by atoms with Crippen LogP contribution in [0.15, 0.2) is 48.5 Å². The van der Waals surface area contributed by atoms with Gasteiger partial charge in [-0.15, -0.1) is 0 Å². The van der Waals surface area contributed by atoms with Gasteiger partial charge in [0.15, 0.2) is 0 Å². The first-order valence-electron chi connectivity index (χ1n) is 8.72. The van der Waals surface area contributed by atoms with E-state index in [0.717, 1.165) is 0 Å². The quantitative estimate of drug-likeness (QED) is 0.413. The molecule has 1 heteroatoms. The van der Waals surface area contributed by atoms with E-state index in [1.54, 1.807) is 0 Å². The number of unbranched alkanes of at least 4 members (excludes halogenated alkanes) is 2. The first kappa shape index (κ1) is 14.3. The van der Waals surface area contributed by atoms with Crippen molar-refractivity contribution in [2.24, 2.45) is 0 Å². The molecule has 116 valence electrons. The van der Waals surface area contributed by atoms with Crippen LogP contribution in [0, 0.1) is 6.92 Å². The Bertz CT molecular complexity index is 991. The summed E-state index contributed by atoms with van der Waals surface area (Å²) in [5, 5.41) is 5.53. The van der Waals surface area contributed by atoms with Crippen LogP contribution in [-0.2, 0) is 6.42 Å². The Kier molecular flexibility index (Phi) is 3.57. The fraction of sp³-hybridized carbons (Fsp3) is 0.273. The number of aryl methyl sites for hydroxylation is 2. The zero-order valence-corrected chi connectivity index (χ0v) is 13.9. The van der Waals surface area contributed by atoms with Crippen molar-refractivity contribution in [3.63, 3.8) is 0 Å². The maximum Gasteiger partial charge on any atom is 0.0503 e. The molecule has 0 amide bonds. The van der Waals surface area contributed by atoms with E-state index in [4.69, 9.17) is 0 Å². The van der Waals surface area contributed by atoms with Crippen molar-refractivity contribution in [2.45, 2.75) is 39.5 Å². The third-order valence-corrected chi connectivity index (χ3v) is 5.09. The second-order valence-electron chi connectivity index (χ2n) is 6.53. The van der Waals surface area contributed by atoms with E-state index in [-0.39, 0.29) is 0 Å². The minimum absolute atomic E-state index is 1.17. The van der Waals surface area contributed by atoms with Gasteiger partial charge in [0, 0.05) is 16.3 Å². The lowest BCUT2D eigenvalue weighted by atomic mass is 9.92. The molecule has 0 unspecified atom stereocenters. The van der Waals surface area contributed by atoms with Crippen molar-refractivity contribution in [1.29, 1.82) is 0 Å². The fourth-order valence-corrected chi connectivity index (χ4v) is 3.89. The number of aromatic nitrogens is 1. The maximum atomic E-state index is 3.67. The van der Waals surface area contributed by atoms with Crippen molar-refractivity contribution in [3.05, 3.63) is 59.7 Å². The van der Waals surface area contributed by atoms with Gasteiger partial charge in [-0.05, 0) is 47.7 Å². The minimum Gasteiger partial charge on any atom is -0.354 e. The number of para-hydroxylation sites is 1. The molecule has 0 radical (unpaired) electrons. The van der Waals surface area contributed by atoms with Crippen LogP contribution in [0.3, 0.4) is 0 Å². The zero-order valence-electron chi connectivity index (χ0n) is 13.9. The Labute approximate surface area is 137 Å². The van der Waals surface area contributed by atoms with Crippen LogP contribution in [0.5, 0.6) is 0 Å². The van der Waals surface area contributed by atoms with Crippen LogP contribution in [0.4, 0.5) is 0 Å². The van der Waals surface area contributed by atoms with Crippen LogP contribution in [0.25, 0.3) is 32.6 Å². The highest BCUT2D eigenvalue weighted by Gasteiger charge is 2.14. The molecular formula is C22H23N. The normalized spacial score (nSPS) is 11.7. The molecule has 3 aromatic carbocycles. The number of benzene rings is 3. The van der Waals surface area contributed by atoms with Crippen LogP contribution >= 0.6 is 0 Å². The number of hydrogen-bond acceptors (Lipinski definition) is 0. The van der Waals surface area contributed by atoms with Gasteiger partial charge in [-0.2, -0.15) is 0 Å². The molecule has 0 spiro atoms. The Morgan fingerprint density at radius 1 is 0.826 bits per heavy atom. The Morgan fingerprint density at radius 2 is 1.52 bits per heavy atom. The molecule has 0 fully saturated rings. The Hall–Kier alpha value is -2.28. The Morgan fingerprint density at radius 3 is 2.30 bits per heavy atom. The first-order chi connectivity index (χ1) is 11.3. The van der Waals surface area contributed by atoms with Crippen LogP contribution in [-0.4, -0.2) is 4.98 Å². The number of aromatic amines is 1. The van der Waals surface area contributed by atoms with Gasteiger partial charge in [-0.1, -0.05) is 62.2 Å². The molecular weight excluding hydrogens is 278 g/mol. The van der Waals surface area contributed by atoms with Gasteiger partial charge < -0.3 is 4.98 Å². The second-order valence-corrected chi connectivity index (χ2v) is 6.53. The molecule has 0 saturated heterocycles. The fourth-order valence-electron chi connectivity index (χ4n) is 3.89. The highest BCUT2D eigenvalue weighted by molar-refractivity contribution is 6.21. The third kappa shape index (κ3) is 2.23. The number of nitrogens with one attached hydrogen (secondary N) is 1. The molecule has 0 aliphatic rings. The molecule has 4 rings (SSSR count). The predicted octanol–water partition coefficient (Wildman–Crippen LogP) is 6.52. The number of fused-ring (bicyclic) bond motifs is 5. The van der Waals surface area contributed by atoms with Crippen molar-refractivity contribution < 1.29 is 0 Å². The summed E-state index contributed by atoms with van der Waals surface area (Å²) in [5.74, 6) is 0. The monoisotopic (exact) mass is 301 g/mol. The summed E-state index contributed by atoms with van der Waals surface area (Å²) in [6, 6.07) is 17.6. The van der Waals surface area contributed by atoms with Gasteiger partial charge in [0.05, 0.1) is 5.52 Å². The van der Waals surface area contributed by atoms with E-state index in [2.05, 4.69) is 67.4 Å². The molecule has 1 heterocycles. The van der Waals surface area contributed by atoms with Gasteiger partial charge in [0.25, 0.3) is 0 Å². The smallest absolute Gasteiger partial charge is 0.0503 e. The molecule has 1 nitrogen and oxygen atoms in total. The summed E-state index contributed by atoms with van der Waals surface area (Å²) in [5.41, 5.74) is 5.50. The number of H-pyrrole nitrogens is 1. The lowest BCUT2D eigenvalue weighted by Crippen LogP contribution is -1.94. The van der Waals surface area contributed by atoms with E-state index in [1.807, 2.05) is 0 Å². The van der Waals surface area contributed by atoms with E-state index < -0.39 is 0 Å². The SMILES string of the molecule is CCCCCc1c(C)c2[nH]c3ccccc3c2c2ccccc12. The van der Waals surface area contributed by atoms with Gasteiger partial charge in [-0.25, -0.2) is 0 Å². The summed E-state index contributed by atoms with van der Waals surface area (Å²) in [6.07, 6.45) is 5.02. The lowest BCUT2D eigenvalue weighted by Gasteiger charge is -2.13. The van der Waals surface area contributed by atoms with Crippen molar-refractivity contribution in [3.8, 4) is 0 Å². The molecule has 23 heavy (non-hydrogen) atoms. The van der Waals surface area contributed by atoms with Crippen LogP contribution in [0.2, 0.25) is 0 Å². The first-order valence-corrected chi connectivity index (χ1v) is 8.72. The topological polar surface area (TPSA) is 15.8 Å². The highest BCUT2D eigenvalue weighted by atomic mass is 14.7. The second kappa shape index (κ2) is 5.73. The maximum absolute atomic E-state index is 3.67. The standard InChI is InChI=1S/C22H23N/c1-3-4-5-10-16-15(2)22-21(18-12-7-6-11-17(16)18)19-13-8-9-14-20(19)23-22/h6-9,11-14,23H,3-5,10H2,1-2H3. The summed E-state index contributed by atoms with van der Waals surface area (Å²) >= 11 is 0. The van der Waals surface area contributed by atoms with Crippen molar-refractivity contribution in [2.75, 3.05) is 0 Å². The molecule has 1 aromatic heterocycles. The van der Waals surface area contributed by atoms with Gasteiger partial charge in [-0.3, -0.25) is 0 Å². The number of rotatable bonds is 4. The molecule has 4 aromatic rings. The molecule has 0 aliphatic heterocycles. The van der Waals surface area contributed by atoms with Gasteiger partial charge >= 0.3 is 0 Å². The summed E-state index contributed by atoms with van der Waals surface area (Å²) in [4.78, 5) is 3.67. The molecule has 0 aliphatic carbocycles. The molecule has 0 saturated carbocycles. The van der Waals surface area contributed by atoms with E-state index >= 15 is 0 Å². The van der Waals surface area contributed by atoms with E-state index in [9.17, 15) is 0 Å². The summed E-state index contributed by atoms with van der Waals surface area (Å²) in [7, 11) is 0. The Balaban J connectivity index is 2.09. The lowest BCUT2D eigenvalue weighted by molar-refractivity contribution is 0.718. The average Bonchev–Trinajstić information content (AvgIpc) is 2.98. The van der Waals surface area contributed by atoms with E-state index in [1.165, 1.54) is 69.4 Å². The molecule has 0 atom stereocenters. The van der Waals surface area contributed by atoms with Crippen LogP contribution < -0.4 is 0 Å². The van der Waals surface area contributed by atoms with Crippen LogP contribution in [0.1, 0.15) is 37.3 Å². The van der Waals surface area contributed by atoms with Crippen molar-refractivity contribution in [1.82, 2.24) is 4.98 Å². The predicted molar refractivity (Wildman–Crippen MR) is 101 cm³/mol. The highest BCUT2D eigenvalue weighted by Crippen LogP contribution is 2.37. The average molecular weight is 301 g/mol. The van der Waals surface area contributed by atoms with Gasteiger partial charge in [0.1, 0.15) is 0 Å². The summed E-state index contributed by atoms with van der Waals surface area (Å²) < 4.78 is 0. The zero-order chi connectivity index (χ0) is 15.8. The summed E-state index contributed by atoms with van der Waals surface area (Å²) in [6.45, 7) is 4.55. The largest absolute Gasteiger partial charge is 0.354 e. The third-order valence-electron chi connectivity index (χ3n) is 5.09. The van der Waals surface area contributed by atoms with E-state index in [0.29, 0.717) is 0 Å². The van der Waals surface area contributed by atoms with Crippen molar-refractivity contribution >= 4 is 32.6 Å². The van der Waals surface area contributed by atoms with Gasteiger partial charge in [0.2, 0.25) is 0 Å².